The van der Waals surface area contributed by atoms with Crippen molar-refractivity contribution >= 4 is 11.7 Å². The third kappa shape index (κ3) is 3.53. The van der Waals surface area contributed by atoms with Gasteiger partial charge in [0.05, 0.1) is 12.8 Å². The van der Waals surface area contributed by atoms with Crippen LogP contribution in [-0.4, -0.2) is 42.8 Å². The molecule has 1 fully saturated rings. The van der Waals surface area contributed by atoms with E-state index in [0.717, 1.165) is 24.8 Å². The van der Waals surface area contributed by atoms with Crippen molar-refractivity contribution in [3.63, 3.8) is 0 Å². The third-order valence-corrected chi connectivity index (χ3v) is 4.79. The molecule has 0 bridgehead atoms. The smallest absolute Gasteiger partial charge is 0.321 e. The lowest BCUT2D eigenvalue weighted by atomic mass is 9.77. The predicted octanol–water partition coefficient (Wildman–Crippen LogP) is 3.02. The van der Waals surface area contributed by atoms with E-state index in [1.807, 2.05) is 30.0 Å². The second kappa shape index (κ2) is 7.01. The number of piperidine rings is 1. The lowest BCUT2D eigenvalue weighted by Crippen LogP contribution is -2.46. The number of nitrogens with zero attached hydrogens (tertiary/aromatic N) is 1. The van der Waals surface area contributed by atoms with E-state index in [1.54, 1.807) is 7.11 Å². The maximum Gasteiger partial charge on any atom is 0.321 e. The first-order valence-electron chi connectivity index (χ1n) is 7.85. The molecule has 2 amide bonds. The predicted molar refractivity (Wildman–Crippen MR) is 87.4 cm³/mol. The van der Waals surface area contributed by atoms with Crippen LogP contribution in [0.4, 0.5) is 10.5 Å². The van der Waals surface area contributed by atoms with Gasteiger partial charge in [-0.25, -0.2) is 4.79 Å². The zero-order chi connectivity index (χ0) is 16.2. The van der Waals surface area contributed by atoms with Gasteiger partial charge in [-0.15, -0.1) is 0 Å². The number of carbonyl (C=O) groups is 1. The van der Waals surface area contributed by atoms with E-state index in [1.165, 1.54) is 0 Å². The number of rotatable bonds is 4. The first-order chi connectivity index (χ1) is 10.5. The number of likely N-dealkylation sites (tertiary alicyclic amines) is 1. The van der Waals surface area contributed by atoms with Crippen LogP contribution in [0.1, 0.15) is 31.7 Å². The number of aliphatic hydroxyl groups excluding tert-OH is 1. The van der Waals surface area contributed by atoms with Gasteiger partial charge >= 0.3 is 6.03 Å². The quantitative estimate of drug-likeness (QED) is 0.899. The van der Waals surface area contributed by atoms with E-state index in [4.69, 9.17) is 4.74 Å². The van der Waals surface area contributed by atoms with E-state index in [2.05, 4.69) is 12.2 Å². The SMILES string of the molecule is CCC1(CO)CCN(C(=O)Nc2cc(C)ccc2OC)CC1. The number of nitrogens with one attached hydrogen (secondary N) is 1. The number of ether oxygens (including phenoxy) is 1. The van der Waals surface area contributed by atoms with Gasteiger partial charge in [0.25, 0.3) is 0 Å². The molecule has 0 aromatic heterocycles. The van der Waals surface area contributed by atoms with Gasteiger partial charge in [-0.05, 0) is 49.3 Å². The van der Waals surface area contributed by atoms with Crippen LogP contribution in [0.3, 0.4) is 0 Å². The van der Waals surface area contributed by atoms with E-state index < -0.39 is 0 Å². The Morgan fingerprint density at radius 1 is 1.41 bits per heavy atom. The second-order valence-corrected chi connectivity index (χ2v) is 6.13. The Hall–Kier alpha value is -1.75. The normalized spacial score (nSPS) is 17.2. The lowest BCUT2D eigenvalue weighted by molar-refractivity contribution is 0.0542. The number of anilines is 1. The number of carbonyl (C=O) groups excluding carboxylic acids is 1. The van der Waals surface area contributed by atoms with E-state index in [-0.39, 0.29) is 18.1 Å². The summed E-state index contributed by atoms with van der Waals surface area (Å²) in [5, 5.41) is 12.5. The first-order valence-corrected chi connectivity index (χ1v) is 7.85. The van der Waals surface area contributed by atoms with Crippen molar-refractivity contribution in [3.05, 3.63) is 23.8 Å². The fourth-order valence-corrected chi connectivity index (χ4v) is 2.92. The molecule has 1 aromatic carbocycles. The highest BCUT2D eigenvalue weighted by atomic mass is 16.5. The third-order valence-electron chi connectivity index (χ3n) is 4.79. The molecule has 5 heteroatoms. The zero-order valence-corrected chi connectivity index (χ0v) is 13.7. The molecule has 122 valence electrons. The number of hydrogen-bond donors (Lipinski definition) is 2. The minimum atomic E-state index is -0.105. The second-order valence-electron chi connectivity index (χ2n) is 6.13. The monoisotopic (exact) mass is 306 g/mol. The highest BCUT2D eigenvalue weighted by molar-refractivity contribution is 5.91. The Kier molecular flexibility index (Phi) is 5.29. The fraction of sp³-hybridized carbons (Fsp3) is 0.588. The highest BCUT2D eigenvalue weighted by Gasteiger charge is 2.34. The molecule has 0 spiro atoms. The van der Waals surface area contributed by atoms with Gasteiger partial charge in [0.2, 0.25) is 0 Å². The van der Waals surface area contributed by atoms with Crippen LogP contribution in [0, 0.1) is 12.3 Å². The lowest BCUT2D eigenvalue weighted by Gasteiger charge is -2.40. The van der Waals surface area contributed by atoms with Gasteiger partial charge in [0.15, 0.2) is 0 Å². The number of benzene rings is 1. The molecule has 0 saturated carbocycles. The zero-order valence-electron chi connectivity index (χ0n) is 13.7. The van der Waals surface area contributed by atoms with Gasteiger partial charge in [-0.3, -0.25) is 0 Å². The molecule has 1 aromatic rings. The molecule has 5 nitrogen and oxygen atoms in total. The van der Waals surface area contributed by atoms with E-state index >= 15 is 0 Å². The average Bonchev–Trinajstić information content (AvgIpc) is 2.55. The Morgan fingerprint density at radius 3 is 2.64 bits per heavy atom. The molecule has 1 saturated heterocycles. The number of aryl methyl sites for hydroxylation is 1. The topological polar surface area (TPSA) is 61.8 Å². The Balaban J connectivity index is 2.01. The molecule has 1 aliphatic heterocycles. The van der Waals surface area contributed by atoms with Crippen molar-refractivity contribution in [2.75, 3.05) is 32.1 Å². The van der Waals surface area contributed by atoms with Crippen molar-refractivity contribution in [1.29, 1.82) is 0 Å². The van der Waals surface area contributed by atoms with Crippen LogP contribution < -0.4 is 10.1 Å². The number of methoxy groups -OCH3 is 1. The number of hydrogen-bond acceptors (Lipinski definition) is 3. The van der Waals surface area contributed by atoms with E-state index in [0.29, 0.717) is 24.5 Å². The number of aliphatic hydroxyl groups is 1. The Labute approximate surface area is 132 Å². The summed E-state index contributed by atoms with van der Waals surface area (Å²) in [5.74, 6) is 0.661. The first kappa shape index (κ1) is 16.6. The molecule has 1 aliphatic rings. The summed E-state index contributed by atoms with van der Waals surface area (Å²) in [5.41, 5.74) is 1.75. The summed E-state index contributed by atoms with van der Waals surface area (Å²) >= 11 is 0. The molecule has 2 rings (SSSR count). The number of urea groups is 1. The summed E-state index contributed by atoms with van der Waals surface area (Å²) in [6, 6.07) is 5.61. The van der Waals surface area contributed by atoms with Gasteiger partial charge in [-0.2, -0.15) is 0 Å². The standard InChI is InChI=1S/C17H26N2O3/c1-4-17(12-20)7-9-19(10-8-17)16(21)18-14-11-13(2)5-6-15(14)22-3/h5-6,11,20H,4,7-10,12H2,1-3H3,(H,18,21). The molecular formula is C17H26N2O3. The summed E-state index contributed by atoms with van der Waals surface area (Å²) in [7, 11) is 1.60. The van der Waals surface area contributed by atoms with Crippen LogP contribution >= 0.6 is 0 Å². The summed E-state index contributed by atoms with van der Waals surface area (Å²) < 4.78 is 5.29. The largest absolute Gasteiger partial charge is 0.495 e. The van der Waals surface area contributed by atoms with Crippen molar-refractivity contribution in [2.24, 2.45) is 5.41 Å². The van der Waals surface area contributed by atoms with Crippen molar-refractivity contribution in [1.82, 2.24) is 4.90 Å². The Morgan fingerprint density at radius 2 is 2.09 bits per heavy atom. The molecule has 0 unspecified atom stereocenters. The molecule has 1 heterocycles. The maximum atomic E-state index is 12.4. The molecule has 0 radical (unpaired) electrons. The summed E-state index contributed by atoms with van der Waals surface area (Å²) in [6.45, 7) is 5.63. The summed E-state index contributed by atoms with van der Waals surface area (Å²) in [4.78, 5) is 14.2. The van der Waals surface area contributed by atoms with E-state index in [9.17, 15) is 9.90 Å². The van der Waals surface area contributed by atoms with Crippen molar-refractivity contribution in [2.45, 2.75) is 33.1 Å². The minimum Gasteiger partial charge on any atom is -0.495 e. The average molecular weight is 306 g/mol. The highest BCUT2D eigenvalue weighted by Crippen LogP contribution is 2.34. The van der Waals surface area contributed by atoms with Crippen LogP contribution in [0.5, 0.6) is 5.75 Å². The fourth-order valence-electron chi connectivity index (χ4n) is 2.92. The molecule has 0 aliphatic carbocycles. The minimum absolute atomic E-state index is 0.0161. The van der Waals surface area contributed by atoms with Crippen LogP contribution in [-0.2, 0) is 0 Å². The molecule has 2 N–H and O–H groups in total. The van der Waals surface area contributed by atoms with Crippen LogP contribution in [0.2, 0.25) is 0 Å². The maximum absolute atomic E-state index is 12.4. The summed E-state index contributed by atoms with van der Waals surface area (Å²) in [6.07, 6.45) is 2.64. The van der Waals surface area contributed by atoms with Crippen LogP contribution in [0.25, 0.3) is 0 Å². The Bertz CT molecular complexity index is 517. The number of amides is 2. The van der Waals surface area contributed by atoms with Gasteiger partial charge in [-0.1, -0.05) is 13.0 Å². The van der Waals surface area contributed by atoms with Gasteiger partial charge in [0.1, 0.15) is 5.75 Å². The van der Waals surface area contributed by atoms with Crippen molar-refractivity contribution < 1.29 is 14.6 Å². The molecule has 22 heavy (non-hydrogen) atoms. The molecule has 0 atom stereocenters. The van der Waals surface area contributed by atoms with Gasteiger partial charge < -0.3 is 20.1 Å². The molecular weight excluding hydrogens is 280 g/mol. The van der Waals surface area contributed by atoms with Crippen molar-refractivity contribution in [3.8, 4) is 5.75 Å². The van der Waals surface area contributed by atoms with Gasteiger partial charge in [0, 0.05) is 19.7 Å². The van der Waals surface area contributed by atoms with Crippen LogP contribution in [0.15, 0.2) is 18.2 Å².